The zero-order valence-corrected chi connectivity index (χ0v) is 13.4. The predicted octanol–water partition coefficient (Wildman–Crippen LogP) is 3.41. The Morgan fingerprint density at radius 2 is 2.10 bits per heavy atom. The SMILES string of the molecule is CC(C)(C)C1=CCN(C(=O)CCc2cccc(N)c2)CC1. The van der Waals surface area contributed by atoms with Crippen LogP contribution in [0.4, 0.5) is 5.69 Å². The van der Waals surface area contributed by atoms with E-state index in [9.17, 15) is 4.79 Å². The Labute approximate surface area is 127 Å². The van der Waals surface area contributed by atoms with Crippen molar-refractivity contribution >= 4 is 11.6 Å². The van der Waals surface area contributed by atoms with Gasteiger partial charge in [0.25, 0.3) is 0 Å². The van der Waals surface area contributed by atoms with Crippen LogP contribution in [0.5, 0.6) is 0 Å². The van der Waals surface area contributed by atoms with Crippen LogP contribution in [0.25, 0.3) is 0 Å². The molecule has 1 amide bonds. The van der Waals surface area contributed by atoms with Crippen LogP contribution in [-0.4, -0.2) is 23.9 Å². The molecule has 0 atom stereocenters. The Bertz CT molecular complexity index is 540. The first-order chi connectivity index (χ1) is 9.86. The van der Waals surface area contributed by atoms with Crippen LogP contribution in [0.2, 0.25) is 0 Å². The van der Waals surface area contributed by atoms with Crippen LogP contribution in [0, 0.1) is 5.41 Å². The molecule has 0 saturated carbocycles. The van der Waals surface area contributed by atoms with Gasteiger partial charge in [-0.25, -0.2) is 0 Å². The minimum atomic E-state index is 0.219. The largest absolute Gasteiger partial charge is 0.399 e. The number of amides is 1. The number of nitrogens with two attached hydrogens (primary N) is 1. The molecule has 0 fully saturated rings. The highest BCUT2D eigenvalue weighted by atomic mass is 16.2. The minimum absolute atomic E-state index is 0.219. The molecule has 2 rings (SSSR count). The van der Waals surface area contributed by atoms with Crippen molar-refractivity contribution in [2.45, 2.75) is 40.0 Å². The van der Waals surface area contributed by atoms with Crippen molar-refractivity contribution in [2.24, 2.45) is 5.41 Å². The van der Waals surface area contributed by atoms with Gasteiger partial charge in [0, 0.05) is 25.2 Å². The third-order valence-electron chi connectivity index (χ3n) is 4.10. The highest BCUT2D eigenvalue weighted by Gasteiger charge is 2.23. The molecule has 1 aliphatic heterocycles. The van der Waals surface area contributed by atoms with Gasteiger partial charge in [-0.1, -0.05) is 44.6 Å². The first-order valence-electron chi connectivity index (χ1n) is 7.68. The number of carbonyl (C=O) groups is 1. The van der Waals surface area contributed by atoms with E-state index in [0.717, 1.165) is 37.2 Å². The average Bonchev–Trinajstić information content (AvgIpc) is 2.44. The van der Waals surface area contributed by atoms with Crippen molar-refractivity contribution in [3.63, 3.8) is 0 Å². The number of rotatable bonds is 3. The fourth-order valence-electron chi connectivity index (χ4n) is 2.73. The standard InChI is InChI=1S/C18H26N2O/c1-18(2,3)15-9-11-20(12-10-15)17(21)8-7-14-5-4-6-16(19)13-14/h4-6,9,13H,7-8,10-12,19H2,1-3H3. The molecule has 1 aliphatic rings. The minimum Gasteiger partial charge on any atom is -0.399 e. The molecule has 1 heterocycles. The summed E-state index contributed by atoms with van der Waals surface area (Å²) in [6.07, 6.45) is 4.54. The summed E-state index contributed by atoms with van der Waals surface area (Å²) in [4.78, 5) is 14.2. The lowest BCUT2D eigenvalue weighted by Gasteiger charge is -2.32. The quantitative estimate of drug-likeness (QED) is 0.683. The summed E-state index contributed by atoms with van der Waals surface area (Å²) in [5.74, 6) is 0.238. The zero-order valence-electron chi connectivity index (χ0n) is 13.4. The van der Waals surface area contributed by atoms with Crippen molar-refractivity contribution < 1.29 is 4.79 Å². The third kappa shape index (κ3) is 4.35. The van der Waals surface area contributed by atoms with Crippen LogP contribution in [0.1, 0.15) is 39.2 Å². The first kappa shape index (κ1) is 15.6. The fourth-order valence-corrected chi connectivity index (χ4v) is 2.73. The van der Waals surface area contributed by atoms with E-state index >= 15 is 0 Å². The summed E-state index contributed by atoms with van der Waals surface area (Å²) in [6, 6.07) is 7.78. The molecule has 0 bridgehead atoms. The average molecular weight is 286 g/mol. The van der Waals surface area contributed by atoms with Crippen molar-refractivity contribution in [3.05, 3.63) is 41.5 Å². The summed E-state index contributed by atoms with van der Waals surface area (Å²) in [5.41, 5.74) is 9.33. The molecule has 0 saturated heterocycles. The second-order valence-corrected chi connectivity index (χ2v) is 6.81. The van der Waals surface area contributed by atoms with Gasteiger partial charge in [0.05, 0.1) is 0 Å². The monoisotopic (exact) mass is 286 g/mol. The van der Waals surface area contributed by atoms with Crippen molar-refractivity contribution in [1.29, 1.82) is 0 Å². The van der Waals surface area contributed by atoms with Gasteiger partial charge in [-0.15, -0.1) is 0 Å². The van der Waals surface area contributed by atoms with Gasteiger partial charge in [0.1, 0.15) is 0 Å². The van der Waals surface area contributed by atoms with Crippen LogP contribution in [0.3, 0.4) is 0 Å². The summed E-state index contributed by atoms with van der Waals surface area (Å²) in [6.45, 7) is 8.30. The van der Waals surface area contributed by atoms with Crippen molar-refractivity contribution in [3.8, 4) is 0 Å². The highest BCUT2D eigenvalue weighted by Crippen LogP contribution is 2.30. The lowest BCUT2D eigenvalue weighted by molar-refractivity contribution is -0.130. The highest BCUT2D eigenvalue weighted by molar-refractivity contribution is 5.77. The maximum absolute atomic E-state index is 12.3. The number of anilines is 1. The molecule has 0 aliphatic carbocycles. The fraction of sp³-hybridized carbons (Fsp3) is 0.500. The van der Waals surface area contributed by atoms with Crippen molar-refractivity contribution in [2.75, 3.05) is 18.8 Å². The Balaban J connectivity index is 1.87. The van der Waals surface area contributed by atoms with Crippen molar-refractivity contribution in [1.82, 2.24) is 4.90 Å². The molecular formula is C18H26N2O. The predicted molar refractivity (Wildman–Crippen MR) is 87.9 cm³/mol. The number of carbonyl (C=O) groups excluding carboxylic acids is 1. The Morgan fingerprint density at radius 3 is 2.67 bits per heavy atom. The van der Waals surface area contributed by atoms with Crippen LogP contribution < -0.4 is 5.73 Å². The Hall–Kier alpha value is -1.77. The molecule has 114 valence electrons. The number of benzene rings is 1. The second-order valence-electron chi connectivity index (χ2n) is 6.81. The van der Waals surface area contributed by atoms with Crippen LogP contribution in [0.15, 0.2) is 35.9 Å². The molecule has 21 heavy (non-hydrogen) atoms. The van der Waals surface area contributed by atoms with Crippen LogP contribution in [-0.2, 0) is 11.2 Å². The number of nitrogen functional groups attached to an aromatic ring is 1. The zero-order chi connectivity index (χ0) is 15.5. The molecule has 0 radical (unpaired) electrons. The Morgan fingerprint density at radius 1 is 1.33 bits per heavy atom. The molecule has 3 nitrogen and oxygen atoms in total. The van der Waals surface area contributed by atoms with Gasteiger partial charge in [0.15, 0.2) is 0 Å². The maximum atomic E-state index is 12.3. The van der Waals surface area contributed by atoms with Gasteiger partial charge in [-0.05, 0) is 36.0 Å². The Kier molecular flexibility index (Phi) is 4.71. The van der Waals surface area contributed by atoms with Gasteiger partial charge >= 0.3 is 0 Å². The smallest absolute Gasteiger partial charge is 0.223 e. The van der Waals surface area contributed by atoms with E-state index in [4.69, 9.17) is 5.73 Å². The molecular weight excluding hydrogens is 260 g/mol. The van der Waals surface area contributed by atoms with E-state index in [-0.39, 0.29) is 11.3 Å². The van der Waals surface area contributed by atoms with E-state index in [1.165, 1.54) is 5.57 Å². The molecule has 0 unspecified atom stereocenters. The summed E-state index contributed by atoms with van der Waals surface area (Å²) < 4.78 is 0. The number of hydrogen-bond acceptors (Lipinski definition) is 2. The normalized spacial score (nSPS) is 15.8. The van der Waals surface area contributed by atoms with Gasteiger partial charge in [-0.2, -0.15) is 0 Å². The summed E-state index contributed by atoms with van der Waals surface area (Å²) in [7, 11) is 0. The number of aryl methyl sites for hydroxylation is 1. The van der Waals surface area contributed by atoms with E-state index < -0.39 is 0 Å². The summed E-state index contributed by atoms with van der Waals surface area (Å²) in [5, 5.41) is 0. The third-order valence-corrected chi connectivity index (χ3v) is 4.10. The van der Waals surface area contributed by atoms with Crippen LogP contribution >= 0.6 is 0 Å². The molecule has 1 aromatic rings. The van der Waals surface area contributed by atoms with E-state index in [1.54, 1.807) is 0 Å². The van der Waals surface area contributed by atoms with Gasteiger partial charge in [0.2, 0.25) is 5.91 Å². The van der Waals surface area contributed by atoms with Gasteiger partial charge < -0.3 is 10.6 Å². The second kappa shape index (κ2) is 6.33. The van der Waals surface area contributed by atoms with E-state index in [1.807, 2.05) is 29.2 Å². The molecule has 1 aromatic carbocycles. The summed E-state index contributed by atoms with van der Waals surface area (Å²) >= 11 is 0. The van der Waals surface area contributed by atoms with E-state index in [2.05, 4.69) is 26.8 Å². The number of hydrogen-bond donors (Lipinski definition) is 1. The topological polar surface area (TPSA) is 46.3 Å². The molecule has 0 spiro atoms. The van der Waals surface area contributed by atoms with E-state index in [0.29, 0.717) is 6.42 Å². The molecule has 2 N–H and O–H groups in total. The molecule has 3 heteroatoms. The maximum Gasteiger partial charge on any atom is 0.223 e. The van der Waals surface area contributed by atoms with Gasteiger partial charge in [-0.3, -0.25) is 4.79 Å². The number of nitrogens with zero attached hydrogens (tertiary/aromatic N) is 1. The lowest BCUT2D eigenvalue weighted by atomic mass is 9.83. The lowest BCUT2D eigenvalue weighted by Crippen LogP contribution is -2.36. The molecule has 0 aromatic heterocycles. The first-order valence-corrected chi connectivity index (χ1v) is 7.68.